The Kier molecular flexibility index (Phi) is 10.5. The molecule has 0 N–H and O–H groups in total. The van der Waals surface area contributed by atoms with E-state index >= 15 is 0 Å². The fourth-order valence-corrected chi connectivity index (χ4v) is 2.80. The molecule has 0 amide bonds. The number of hydrogen-bond donors (Lipinski definition) is 0. The Balaban J connectivity index is 3.69. The maximum absolute atomic E-state index is 12.0. The molecule has 0 radical (unpaired) electrons. The molecule has 0 saturated carbocycles. The van der Waals surface area contributed by atoms with Gasteiger partial charge in [-0.2, -0.15) is 0 Å². The maximum Gasteiger partial charge on any atom is 0.197 e. The van der Waals surface area contributed by atoms with Crippen LogP contribution in [-0.4, -0.2) is 25.7 Å². The van der Waals surface area contributed by atoms with Crippen LogP contribution < -0.4 is 0 Å². The molecular formula is C15H31O3P. The van der Waals surface area contributed by atoms with Gasteiger partial charge in [-0.25, -0.2) is 0 Å². The molecule has 0 heterocycles. The highest BCUT2D eigenvalue weighted by molar-refractivity contribution is 7.57. The van der Waals surface area contributed by atoms with Crippen molar-refractivity contribution >= 4 is 13.2 Å². The van der Waals surface area contributed by atoms with Gasteiger partial charge < -0.3 is 4.52 Å². The number of rotatable bonds is 12. The van der Waals surface area contributed by atoms with Crippen LogP contribution in [-0.2, 0) is 13.9 Å². The van der Waals surface area contributed by atoms with E-state index in [9.17, 15) is 9.36 Å². The molecule has 19 heavy (non-hydrogen) atoms. The van der Waals surface area contributed by atoms with E-state index < -0.39 is 7.37 Å². The number of carbonyl (C=O) groups is 1. The van der Waals surface area contributed by atoms with Gasteiger partial charge in [0.1, 0.15) is 5.78 Å². The van der Waals surface area contributed by atoms with Crippen LogP contribution >= 0.6 is 7.37 Å². The number of Topliss-reactive ketones (excluding diaryl/α,β-unsaturated/α-hetero) is 1. The van der Waals surface area contributed by atoms with Crippen molar-refractivity contribution in [3.05, 3.63) is 0 Å². The lowest BCUT2D eigenvalue weighted by molar-refractivity contribution is -0.123. The molecule has 0 aromatic heterocycles. The fourth-order valence-electron chi connectivity index (χ4n) is 2.23. The summed E-state index contributed by atoms with van der Waals surface area (Å²) in [6.45, 7) is 8.10. The summed E-state index contributed by atoms with van der Waals surface area (Å²) in [4.78, 5) is 12.0. The van der Waals surface area contributed by atoms with E-state index in [-0.39, 0.29) is 5.92 Å². The van der Waals surface area contributed by atoms with Crippen molar-refractivity contribution in [2.45, 2.75) is 65.2 Å². The minimum Gasteiger partial charge on any atom is -0.329 e. The van der Waals surface area contributed by atoms with Gasteiger partial charge in [0.15, 0.2) is 7.37 Å². The van der Waals surface area contributed by atoms with Gasteiger partial charge in [0.25, 0.3) is 0 Å². The van der Waals surface area contributed by atoms with Gasteiger partial charge >= 0.3 is 0 Å². The van der Waals surface area contributed by atoms with Crippen LogP contribution in [0.3, 0.4) is 0 Å². The van der Waals surface area contributed by atoms with E-state index in [1.807, 2.05) is 0 Å². The molecule has 114 valence electrons. The van der Waals surface area contributed by atoms with Gasteiger partial charge in [-0.1, -0.05) is 33.1 Å². The first-order valence-corrected chi connectivity index (χ1v) is 10.1. The molecule has 0 rings (SSSR count). The topological polar surface area (TPSA) is 43.4 Å². The normalized spacial score (nSPS) is 12.1. The van der Waals surface area contributed by atoms with E-state index in [0.29, 0.717) is 18.8 Å². The molecule has 0 saturated heterocycles. The second kappa shape index (κ2) is 10.6. The highest BCUT2D eigenvalue weighted by atomic mass is 31.2. The molecule has 0 aliphatic carbocycles. The van der Waals surface area contributed by atoms with Crippen molar-refractivity contribution in [3.8, 4) is 0 Å². The second-order valence-corrected chi connectivity index (χ2v) is 8.40. The van der Waals surface area contributed by atoms with Crippen LogP contribution in [0.2, 0.25) is 0 Å². The van der Waals surface area contributed by atoms with Gasteiger partial charge in [0.2, 0.25) is 0 Å². The van der Waals surface area contributed by atoms with Crippen LogP contribution in [0, 0.1) is 5.92 Å². The fraction of sp³-hybridized carbons (Fsp3) is 0.933. The summed E-state index contributed by atoms with van der Waals surface area (Å²) in [6, 6.07) is 0. The number of unbranched alkanes of at least 4 members (excludes halogenated alkanes) is 2. The standard InChI is InChI=1S/C15H31O3P/c1-5-10-14(11-6-2)15(16)12-8-7-9-13-18-19(3,4)17/h14H,5-13H2,1-4H3. The molecule has 0 unspecified atom stereocenters. The monoisotopic (exact) mass is 290 g/mol. The second-order valence-electron chi connectivity index (χ2n) is 5.64. The van der Waals surface area contributed by atoms with Crippen molar-refractivity contribution in [3.63, 3.8) is 0 Å². The van der Waals surface area contributed by atoms with Crippen LogP contribution in [0.5, 0.6) is 0 Å². The summed E-state index contributed by atoms with van der Waals surface area (Å²) in [5.41, 5.74) is 0. The summed E-state index contributed by atoms with van der Waals surface area (Å²) >= 11 is 0. The zero-order valence-electron chi connectivity index (χ0n) is 13.1. The summed E-state index contributed by atoms with van der Waals surface area (Å²) in [5.74, 6) is 0.707. The molecule has 0 aromatic rings. The van der Waals surface area contributed by atoms with E-state index in [1.54, 1.807) is 13.3 Å². The molecule has 0 aromatic carbocycles. The van der Waals surface area contributed by atoms with Gasteiger partial charge in [-0.15, -0.1) is 0 Å². The third kappa shape index (κ3) is 11.4. The highest BCUT2D eigenvalue weighted by Crippen LogP contribution is 2.37. The maximum atomic E-state index is 12.0. The first-order valence-electron chi connectivity index (χ1n) is 7.63. The first-order chi connectivity index (χ1) is 8.90. The summed E-state index contributed by atoms with van der Waals surface area (Å²) in [6.07, 6.45) is 7.75. The van der Waals surface area contributed by atoms with Crippen molar-refractivity contribution in [1.82, 2.24) is 0 Å². The molecule has 4 heteroatoms. The van der Waals surface area contributed by atoms with Crippen LogP contribution in [0.4, 0.5) is 0 Å². The molecule has 0 aliphatic heterocycles. The van der Waals surface area contributed by atoms with Crippen molar-refractivity contribution in [1.29, 1.82) is 0 Å². The molecule has 3 nitrogen and oxygen atoms in total. The van der Waals surface area contributed by atoms with Gasteiger partial charge in [-0.05, 0) is 25.7 Å². The Morgan fingerprint density at radius 2 is 1.63 bits per heavy atom. The summed E-state index contributed by atoms with van der Waals surface area (Å²) < 4.78 is 16.5. The van der Waals surface area contributed by atoms with E-state index in [1.165, 1.54) is 0 Å². The predicted molar refractivity (Wildman–Crippen MR) is 82.2 cm³/mol. The Hall–Kier alpha value is -0.140. The van der Waals surface area contributed by atoms with Gasteiger partial charge in [0.05, 0.1) is 6.61 Å². The zero-order valence-corrected chi connectivity index (χ0v) is 14.0. The summed E-state index contributed by atoms with van der Waals surface area (Å²) in [7, 11) is -2.33. The third-order valence-electron chi connectivity index (χ3n) is 3.20. The minimum absolute atomic E-state index is 0.276. The number of hydrogen-bond acceptors (Lipinski definition) is 3. The molecule has 0 bridgehead atoms. The molecule has 0 aliphatic rings. The Bertz CT molecular complexity index is 277. The zero-order chi connectivity index (χ0) is 14.7. The van der Waals surface area contributed by atoms with E-state index in [0.717, 1.165) is 44.9 Å². The highest BCUT2D eigenvalue weighted by Gasteiger charge is 2.15. The van der Waals surface area contributed by atoms with Gasteiger partial charge in [0, 0.05) is 25.7 Å². The quantitative estimate of drug-likeness (QED) is 0.380. The number of carbonyl (C=O) groups excluding carboxylic acids is 1. The van der Waals surface area contributed by atoms with Crippen LogP contribution in [0.25, 0.3) is 0 Å². The third-order valence-corrected chi connectivity index (χ3v) is 4.00. The average molecular weight is 290 g/mol. The molecule has 0 fully saturated rings. The molecule has 0 spiro atoms. The predicted octanol–water partition coefficient (Wildman–Crippen LogP) is 4.89. The minimum atomic E-state index is -2.33. The van der Waals surface area contributed by atoms with Crippen LogP contribution in [0.15, 0.2) is 0 Å². The van der Waals surface area contributed by atoms with Gasteiger partial charge in [-0.3, -0.25) is 9.36 Å². The van der Waals surface area contributed by atoms with Crippen molar-refractivity contribution in [2.24, 2.45) is 5.92 Å². The summed E-state index contributed by atoms with van der Waals surface area (Å²) in [5, 5.41) is 0. The number of ketones is 1. The average Bonchev–Trinajstić information content (AvgIpc) is 2.31. The largest absolute Gasteiger partial charge is 0.329 e. The Labute approximate surface area is 118 Å². The lowest BCUT2D eigenvalue weighted by Crippen LogP contribution is -2.14. The van der Waals surface area contributed by atoms with E-state index in [2.05, 4.69) is 13.8 Å². The lowest BCUT2D eigenvalue weighted by atomic mass is 9.91. The SMILES string of the molecule is CCCC(CCC)C(=O)CCCCCOP(C)(C)=O. The van der Waals surface area contributed by atoms with Crippen LogP contribution in [0.1, 0.15) is 65.2 Å². The Morgan fingerprint density at radius 3 is 2.11 bits per heavy atom. The van der Waals surface area contributed by atoms with E-state index in [4.69, 9.17) is 4.52 Å². The van der Waals surface area contributed by atoms with Crippen molar-refractivity contribution in [2.75, 3.05) is 19.9 Å². The molecule has 0 atom stereocenters. The first kappa shape index (κ1) is 18.9. The molecular weight excluding hydrogens is 259 g/mol. The smallest absolute Gasteiger partial charge is 0.197 e. The lowest BCUT2D eigenvalue weighted by Gasteiger charge is -2.13. The Morgan fingerprint density at radius 1 is 1.05 bits per heavy atom. The van der Waals surface area contributed by atoms with Crippen molar-refractivity contribution < 1.29 is 13.9 Å².